The minimum atomic E-state index is -1.27. The van der Waals surface area contributed by atoms with Crippen LogP contribution in [-0.4, -0.2) is 23.2 Å². The number of nitrogens with two attached hydrogens (primary N) is 2. The molecule has 0 saturated carbocycles. The van der Waals surface area contributed by atoms with Crippen LogP contribution in [0.3, 0.4) is 0 Å². The Labute approximate surface area is 60.0 Å². The molecule has 0 heterocycles. The summed E-state index contributed by atoms with van der Waals surface area (Å²) < 4.78 is 13.7. The van der Waals surface area contributed by atoms with Gasteiger partial charge < -0.3 is 0 Å². The fourth-order valence-electron chi connectivity index (χ4n) is 0.0803. The minimum absolute atomic E-state index is 0. The van der Waals surface area contributed by atoms with E-state index >= 15 is 0 Å². The zero-order chi connectivity index (χ0) is 5.91. The molecule has 0 bridgehead atoms. The Morgan fingerprint density at radius 2 is 2.00 bits per heavy atom. The molecule has 0 aliphatic heterocycles. The highest BCUT2D eigenvalue weighted by Gasteiger charge is 2.09. The van der Waals surface area contributed by atoms with Crippen LogP contribution in [-0.2, 0) is 9.09 Å². The summed E-state index contributed by atoms with van der Waals surface area (Å²) in [4.78, 5) is 0. The van der Waals surface area contributed by atoms with E-state index in [0.29, 0.717) is 0 Å². The first kappa shape index (κ1) is 11.3. The maximum absolute atomic E-state index is 9.54. The standard InChI is InChI=1S/C2H7N2O2P.Al.3H/c1-2(3,4)6-7-5;;;;/h3-4H2,1H3;;;;. The molecule has 4 nitrogen and oxygen atoms in total. The second-order valence-corrected chi connectivity index (χ2v) is 1.68. The van der Waals surface area contributed by atoms with Crippen LogP contribution in [0.1, 0.15) is 6.92 Å². The average Bonchev–Trinajstić information content (AvgIpc) is 1.30. The van der Waals surface area contributed by atoms with Crippen molar-refractivity contribution in [3.63, 3.8) is 0 Å². The van der Waals surface area contributed by atoms with Crippen LogP contribution in [0.4, 0.5) is 0 Å². The molecule has 0 atom stereocenters. The monoisotopic (exact) mass is 152 g/mol. The van der Waals surface area contributed by atoms with Gasteiger partial charge in [-0.3, -0.25) is 16.0 Å². The molecule has 6 heteroatoms. The van der Waals surface area contributed by atoms with E-state index < -0.39 is 14.5 Å². The van der Waals surface area contributed by atoms with Gasteiger partial charge in [-0.2, -0.15) is 0 Å². The lowest BCUT2D eigenvalue weighted by molar-refractivity contribution is 0.122. The topological polar surface area (TPSA) is 78.3 Å². The quantitative estimate of drug-likeness (QED) is 0.290. The van der Waals surface area contributed by atoms with Crippen LogP contribution in [0.2, 0.25) is 0 Å². The molecule has 0 saturated heterocycles. The molecule has 0 spiro atoms. The summed E-state index contributed by atoms with van der Waals surface area (Å²) in [5.41, 5.74) is 9.99. The van der Waals surface area contributed by atoms with Gasteiger partial charge in [-0.25, -0.2) is 4.57 Å². The molecule has 0 amide bonds. The molecule has 0 aliphatic rings. The van der Waals surface area contributed by atoms with Gasteiger partial charge in [0.2, 0.25) is 0 Å². The van der Waals surface area contributed by atoms with Gasteiger partial charge >= 0.3 is 8.69 Å². The second-order valence-electron chi connectivity index (χ2n) is 1.35. The highest BCUT2D eigenvalue weighted by Crippen LogP contribution is 2.01. The molecule has 0 aliphatic carbocycles. The molecule has 4 N–H and O–H groups in total. The van der Waals surface area contributed by atoms with Crippen molar-refractivity contribution in [1.29, 1.82) is 0 Å². The van der Waals surface area contributed by atoms with Crippen molar-refractivity contribution in [1.82, 2.24) is 0 Å². The van der Waals surface area contributed by atoms with Crippen LogP contribution >= 0.6 is 8.69 Å². The fraction of sp³-hybridized carbons (Fsp3) is 1.00. The summed E-state index contributed by atoms with van der Waals surface area (Å²) in [6.45, 7) is 1.40. The molecule has 8 heavy (non-hydrogen) atoms. The summed E-state index contributed by atoms with van der Waals surface area (Å²) in [5.74, 6) is -1.27. The van der Waals surface area contributed by atoms with Crippen LogP contribution in [0.5, 0.6) is 0 Å². The van der Waals surface area contributed by atoms with Gasteiger partial charge in [0.25, 0.3) is 0 Å². The molecule has 0 rings (SSSR count). The number of hydrogen-bond acceptors (Lipinski definition) is 4. The smallest absolute Gasteiger partial charge is 0.290 e. The van der Waals surface area contributed by atoms with E-state index in [1.165, 1.54) is 6.92 Å². The molecular formula is C2H10AlN2O2P. The summed E-state index contributed by atoms with van der Waals surface area (Å²) in [6, 6.07) is 0. The van der Waals surface area contributed by atoms with E-state index in [-0.39, 0.29) is 17.4 Å². The molecule has 0 aromatic carbocycles. The van der Waals surface area contributed by atoms with E-state index in [1.807, 2.05) is 0 Å². The first-order chi connectivity index (χ1) is 3.06. The van der Waals surface area contributed by atoms with Crippen molar-refractivity contribution >= 4 is 26.0 Å². The Balaban J connectivity index is 0. The van der Waals surface area contributed by atoms with E-state index in [9.17, 15) is 4.57 Å². The number of rotatable bonds is 2. The molecule has 48 valence electrons. The third-order valence-electron chi connectivity index (χ3n) is 0.234. The van der Waals surface area contributed by atoms with Crippen molar-refractivity contribution in [3.8, 4) is 0 Å². The Morgan fingerprint density at radius 1 is 1.62 bits per heavy atom. The first-order valence-electron chi connectivity index (χ1n) is 1.65. The van der Waals surface area contributed by atoms with Crippen LogP contribution in [0.15, 0.2) is 0 Å². The third kappa shape index (κ3) is 9.72. The zero-order valence-electron chi connectivity index (χ0n) is 3.92. The molecule has 0 fully saturated rings. The third-order valence-corrected chi connectivity index (χ3v) is 0.702. The maximum Gasteiger partial charge on any atom is 0.330 e. The van der Waals surface area contributed by atoms with Gasteiger partial charge in [0.05, 0.1) is 0 Å². The van der Waals surface area contributed by atoms with Crippen molar-refractivity contribution in [3.05, 3.63) is 0 Å². The largest absolute Gasteiger partial charge is 0.330 e. The SMILES string of the molecule is CC(N)(N)OP=O.[AlH3]. The molecular weight excluding hydrogens is 142 g/mol. The van der Waals surface area contributed by atoms with E-state index in [0.717, 1.165) is 0 Å². The molecule has 0 aromatic rings. The normalized spacial score (nSPS) is 10.9. The second kappa shape index (κ2) is 4.40. The van der Waals surface area contributed by atoms with Gasteiger partial charge in [-0.1, -0.05) is 0 Å². The Morgan fingerprint density at radius 3 is 2.00 bits per heavy atom. The maximum atomic E-state index is 9.54. The van der Waals surface area contributed by atoms with Gasteiger partial charge in [0, 0.05) is 0 Å². The molecule has 0 unspecified atom stereocenters. The average molecular weight is 152 g/mol. The lowest BCUT2D eigenvalue weighted by atomic mass is 10.6. The Bertz CT molecular complexity index is 72.9. The van der Waals surface area contributed by atoms with Crippen LogP contribution in [0.25, 0.3) is 0 Å². The summed E-state index contributed by atoms with van der Waals surface area (Å²) in [7, 11) is -0.491. The Kier molecular flexibility index (Phi) is 6.23. The number of hydrogen-bond donors (Lipinski definition) is 2. The molecule has 0 aromatic heterocycles. The molecule has 0 radical (unpaired) electrons. The van der Waals surface area contributed by atoms with Crippen molar-refractivity contribution in [2.75, 3.05) is 0 Å². The fourth-order valence-corrected chi connectivity index (χ4v) is 0.241. The van der Waals surface area contributed by atoms with Crippen molar-refractivity contribution in [2.45, 2.75) is 12.8 Å². The van der Waals surface area contributed by atoms with Crippen molar-refractivity contribution in [2.24, 2.45) is 11.5 Å². The predicted molar refractivity (Wildman–Crippen MR) is 35.4 cm³/mol. The van der Waals surface area contributed by atoms with Crippen LogP contribution in [0, 0.1) is 0 Å². The van der Waals surface area contributed by atoms with Crippen molar-refractivity contribution < 1.29 is 9.09 Å². The summed E-state index contributed by atoms with van der Waals surface area (Å²) in [5, 5.41) is 0. The minimum Gasteiger partial charge on any atom is -0.290 e. The summed E-state index contributed by atoms with van der Waals surface area (Å²) in [6.07, 6.45) is 0. The van der Waals surface area contributed by atoms with Gasteiger partial charge in [-0.05, 0) is 6.92 Å². The van der Waals surface area contributed by atoms with Gasteiger partial charge in [0.15, 0.2) is 23.2 Å². The van der Waals surface area contributed by atoms with Gasteiger partial charge in [0.1, 0.15) is 0 Å². The van der Waals surface area contributed by atoms with Crippen LogP contribution < -0.4 is 11.5 Å². The van der Waals surface area contributed by atoms with E-state index in [1.54, 1.807) is 0 Å². The lowest BCUT2D eigenvalue weighted by Crippen LogP contribution is -2.46. The summed E-state index contributed by atoms with van der Waals surface area (Å²) >= 11 is 0. The van der Waals surface area contributed by atoms with E-state index in [4.69, 9.17) is 11.5 Å². The lowest BCUT2D eigenvalue weighted by Gasteiger charge is -2.11. The Hall–Kier alpha value is 0.512. The highest BCUT2D eigenvalue weighted by molar-refractivity contribution is 7.17. The highest BCUT2D eigenvalue weighted by atomic mass is 31.1. The van der Waals surface area contributed by atoms with E-state index in [2.05, 4.69) is 4.52 Å². The zero-order valence-corrected chi connectivity index (χ0v) is 4.81. The first-order valence-corrected chi connectivity index (χ1v) is 2.38. The van der Waals surface area contributed by atoms with Gasteiger partial charge in [-0.15, -0.1) is 0 Å². The predicted octanol–water partition coefficient (Wildman–Crippen LogP) is -1.38.